The summed E-state index contributed by atoms with van der Waals surface area (Å²) in [5, 5.41) is 6.98. The third-order valence-corrected chi connectivity index (χ3v) is 1.93. The highest BCUT2D eigenvalue weighted by Gasteiger charge is 1.79. The average molecular weight is 192 g/mol. The van der Waals surface area contributed by atoms with Crippen LogP contribution in [-0.4, -0.2) is 10.2 Å². The Bertz CT molecular complexity index is 275. The second-order valence-electron chi connectivity index (χ2n) is 2.73. The van der Waals surface area contributed by atoms with Gasteiger partial charge in [-0.1, -0.05) is 35.4 Å². The van der Waals surface area contributed by atoms with E-state index in [1.807, 2.05) is 0 Å². The molecule has 0 aliphatic heterocycles. The lowest BCUT2D eigenvalue weighted by Crippen LogP contribution is -1.70. The fraction of sp³-hybridized carbons (Fsp3) is 0.200. The lowest BCUT2D eigenvalue weighted by Gasteiger charge is -1.90. The van der Waals surface area contributed by atoms with E-state index in [0.717, 1.165) is 0 Å². The smallest absolute Gasteiger partial charge is 0.103 e. The number of benzene rings is 1. The van der Waals surface area contributed by atoms with Crippen LogP contribution in [0.15, 0.2) is 35.3 Å². The molecular formula is C10H12N2S. The Kier molecular flexibility index (Phi) is 4.12. The van der Waals surface area contributed by atoms with E-state index in [2.05, 4.69) is 48.3 Å². The number of hydrogen-bond donors (Lipinski definition) is 0. The number of aromatic nitrogens is 2. The molecule has 2 aromatic rings. The van der Waals surface area contributed by atoms with Gasteiger partial charge in [0.05, 0.1) is 0 Å². The van der Waals surface area contributed by atoms with E-state index in [0.29, 0.717) is 0 Å². The van der Waals surface area contributed by atoms with E-state index in [9.17, 15) is 0 Å². The Morgan fingerprint density at radius 2 is 1.23 bits per heavy atom. The van der Waals surface area contributed by atoms with Crippen LogP contribution in [0, 0.1) is 13.8 Å². The summed E-state index contributed by atoms with van der Waals surface area (Å²) >= 11 is 1.49. The maximum Gasteiger partial charge on any atom is 0.103 e. The molecule has 0 fully saturated rings. The Morgan fingerprint density at radius 3 is 1.46 bits per heavy atom. The summed E-state index contributed by atoms with van der Waals surface area (Å²) < 4.78 is 0. The number of aryl methyl sites for hydroxylation is 2. The standard InChI is InChI=1S/C8H10.C2H2N2S/c1-7-3-5-8(2)6-4-7;1-3-4-2-5-1/h3-6H,1-2H3;1-2H. The Morgan fingerprint density at radius 1 is 0.846 bits per heavy atom. The van der Waals surface area contributed by atoms with E-state index in [-0.39, 0.29) is 0 Å². The van der Waals surface area contributed by atoms with Crippen LogP contribution in [0.4, 0.5) is 0 Å². The van der Waals surface area contributed by atoms with E-state index >= 15 is 0 Å². The molecule has 1 aromatic carbocycles. The van der Waals surface area contributed by atoms with E-state index in [1.54, 1.807) is 11.0 Å². The molecule has 0 saturated heterocycles. The number of hydrogen-bond acceptors (Lipinski definition) is 3. The molecule has 13 heavy (non-hydrogen) atoms. The minimum absolute atomic E-state index is 1.33. The predicted octanol–water partition coefficient (Wildman–Crippen LogP) is 2.84. The first-order valence-electron chi connectivity index (χ1n) is 4.01. The first-order chi connectivity index (χ1) is 6.29. The van der Waals surface area contributed by atoms with E-state index in [1.165, 1.54) is 22.5 Å². The Balaban J connectivity index is 0.000000145. The maximum atomic E-state index is 3.49. The molecule has 3 heteroatoms. The molecule has 1 aromatic heterocycles. The summed E-state index contributed by atoms with van der Waals surface area (Å²) in [5.74, 6) is 0. The quantitative estimate of drug-likeness (QED) is 0.641. The van der Waals surface area contributed by atoms with Gasteiger partial charge >= 0.3 is 0 Å². The van der Waals surface area contributed by atoms with E-state index in [4.69, 9.17) is 0 Å². The maximum absolute atomic E-state index is 3.49. The first kappa shape index (κ1) is 9.86. The zero-order valence-electron chi connectivity index (χ0n) is 7.77. The molecule has 0 amide bonds. The molecule has 1 heterocycles. The topological polar surface area (TPSA) is 25.8 Å². The van der Waals surface area contributed by atoms with Crippen molar-refractivity contribution >= 4 is 11.3 Å². The molecule has 0 unspecified atom stereocenters. The highest BCUT2D eigenvalue weighted by atomic mass is 32.1. The van der Waals surface area contributed by atoms with Gasteiger partial charge in [0.2, 0.25) is 0 Å². The molecular weight excluding hydrogens is 180 g/mol. The summed E-state index contributed by atoms with van der Waals surface area (Å²) in [6.07, 6.45) is 0. The van der Waals surface area contributed by atoms with Crippen LogP contribution in [0.25, 0.3) is 0 Å². The molecule has 2 nitrogen and oxygen atoms in total. The highest BCUT2D eigenvalue weighted by molar-refractivity contribution is 7.07. The van der Waals surface area contributed by atoms with Gasteiger partial charge in [0.1, 0.15) is 11.0 Å². The van der Waals surface area contributed by atoms with Gasteiger partial charge in [0.25, 0.3) is 0 Å². The number of nitrogens with zero attached hydrogens (tertiary/aromatic N) is 2. The largest absolute Gasteiger partial charge is 0.147 e. The van der Waals surface area contributed by atoms with Crippen LogP contribution in [0.1, 0.15) is 11.1 Å². The van der Waals surface area contributed by atoms with Gasteiger partial charge in [-0.05, 0) is 13.8 Å². The monoisotopic (exact) mass is 192 g/mol. The van der Waals surface area contributed by atoms with Gasteiger partial charge in [-0.25, -0.2) is 0 Å². The second kappa shape index (κ2) is 5.43. The normalized spacial score (nSPS) is 8.77. The minimum atomic E-state index is 1.33. The van der Waals surface area contributed by atoms with Crippen molar-refractivity contribution in [3.05, 3.63) is 46.4 Å². The summed E-state index contributed by atoms with van der Waals surface area (Å²) in [5.41, 5.74) is 6.02. The van der Waals surface area contributed by atoms with Crippen molar-refractivity contribution in [1.29, 1.82) is 0 Å². The molecule has 0 aliphatic carbocycles. The van der Waals surface area contributed by atoms with Crippen LogP contribution in [0.2, 0.25) is 0 Å². The van der Waals surface area contributed by atoms with Gasteiger partial charge in [0.15, 0.2) is 0 Å². The van der Waals surface area contributed by atoms with Crippen molar-refractivity contribution in [2.75, 3.05) is 0 Å². The summed E-state index contributed by atoms with van der Waals surface area (Å²) in [6, 6.07) is 8.48. The van der Waals surface area contributed by atoms with Crippen LogP contribution in [0.3, 0.4) is 0 Å². The van der Waals surface area contributed by atoms with Crippen LogP contribution in [0.5, 0.6) is 0 Å². The van der Waals surface area contributed by atoms with Crippen molar-refractivity contribution in [3.8, 4) is 0 Å². The second-order valence-corrected chi connectivity index (χ2v) is 3.43. The van der Waals surface area contributed by atoms with Gasteiger partial charge < -0.3 is 0 Å². The zero-order valence-corrected chi connectivity index (χ0v) is 8.58. The molecule has 0 saturated carbocycles. The molecule has 0 bridgehead atoms. The lowest BCUT2D eigenvalue weighted by molar-refractivity contribution is 1.09. The minimum Gasteiger partial charge on any atom is -0.147 e. The van der Waals surface area contributed by atoms with Crippen molar-refractivity contribution in [1.82, 2.24) is 10.2 Å². The lowest BCUT2D eigenvalue weighted by atomic mass is 10.2. The SMILES string of the molecule is Cc1ccc(C)cc1.c1nncs1. The van der Waals surface area contributed by atoms with Crippen molar-refractivity contribution in [2.24, 2.45) is 0 Å². The van der Waals surface area contributed by atoms with Crippen molar-refractivity contribution in [3.63, 3.8) is 0 Å². The van der Waals surface area contributed by atoms with Crippen LogP contribution < -0.4 is 0 Å². The summed E-state index contributed by atoms with van der Waals surface area (Å²) in [4.78, 5) is 0. The van der Waals surface area contributed by atoms with Crippen molar-refractivity contribution < 1.29 is 0 Å². The Hall–Kier alpha value is -1.22. The highest BCUT2D eigenvalue weighted by Crippen LogP contribution is 1.99. The molecule has 0 atom stereocenters. The molecule has 0 N–H and O–H groups in total. The summed E-state index contributed by atoms with van der Waals surface area (Å²) in [6.45, 7) is 4.19. The summed E-state index contributed by atoms with van der Waals surface area (Å²) in [7, 11) is 0. The molecule has 0 radical (unpaired) electrons. The molecule has 0 aliphatic rings. The zero-order chi connectivity index (χ0) is 9.52. The van der Waals surface area contributed by atoms with E-state index < -0.39 is 0 Å². The first-order valence-corrected chi connectivity index (χ1v) is 4.95. The fourth-order valence-electron chi connectivity index (χ4n) is 0.773. The van der Waals surface area contributed by atoms with Crippen molar-refractivity contribution in [2.45, 2.75) is 13.8 Å². The van der Waals surface area contributed by atoms with Gasteiger partial charge in [-0.2, -0.15) is 0 Å². The molecule has 68 valence electrons. The van der Waals surface area contributed by atoms with Gasteiger partial charge in [-0.15, -0.1) is 21.5 Å². The Labute approximate surface area is 82.3 Å². The predicted molar refractivity (Wildman–Crippen MR) is 55.8 cm³/mol. The number of rotatable bonds is 0. The van der Waals surface area contributed by atoms with Crippen LogP contribution in [-0.2, 0) is 0 Å². The third-order valence-electron chi connectivity index (χ3n) is 1.50. The third kappa shape index (κ3) is 4.38. The average Bonchev–Trinajstić information content (AvgIpc) is 2.68. The van der Waals surface area contributed by atoms with Crippen LogP contribution >= 0.6 is 11.3 Å². The molecule has 2 rings (SSSR count). The van der Waals surface area contributed by atoms with Gasteiger partial charge in [-0.3, -0.25) is 0 Å². The fourth-order valence-corrected chi connectivity index (χ4v) is 1.05. The van der Waals surface area contributed by atoms with Gasteiger partial charge in [0, 0.05) is 0 Å². The molecule has 0 spiro atoms.